The summed E-state index contributed by atoms with van der Waals surface area (Å²) in [6.45, 7) is 3.90. The van der Waals surface area contributed by atoms with E-state index in [0.717, 1.165) is 5.16 Å². The van der Waals surface area contributed by atoms with Crippen LogP contribution >= 0.6 is 23.1 Å². The highest BCUT2D eigenvalue weighted by atomic mass is 32.2. The van der Waals surface area contributed by atoms with E-state index in [1.165, 1.54) is 23.1 Å². The number of aromatic nitrogens is 3. The van der Waals surface area contributed by atoms with Gasteiger partial charge in [-0.3, -0.25) is 9.59 Å². The van der Waals surface area contributed by atoms with Crippen molar-refractivity contribution in [2.45, 2.75) is 30.7 Å². The van der Waals surface area contributed by atoms with Gasteiger partial charge in [0.15, 0.2) is 10.3 Å². The number of imidazole rings is 1. The summed E-state index contributed by atoms with van der Waals surface area (Å²) in [6, 6.07) is 0. The number of thiazole rings is 1. The van der Waals surface area contributed by atoms with Crippen LogP contribution in [0.1, 0.15) is 19.5 Å². The number of thioether (sulfide) groups is 1. The van der Waals surface area contributed by atoms with Crippen molar-refractivity contribution >= 4 is 40.1 Å². The molecule has 2 aromatic rings. The highest BCUT2D eigenvalue weighted by molar-refractivity contribution is 8.00. The SMILES string of the molecule is CCOC(=O)Cc1csc(NC(=O)C(C)Sc2nccn2C)n1. The molecule has 0 spiro atoms. The number of ether oxygens (including phenoxy) is 1. The molecular formula is C14H18N4O3S2. The largest absolute Gasteiger partial charge is 0.466 e. The van der Waals surface area contributed by atoms with Gasteiger partial charge in [-0.25, -0.2) is 9.97 Å². The zero-order chi connectivity index (χ0) is 16.8. The van der Waals surface area contributed by atoms with E-state index in [4.69, 9.17) is 4.74 Å². The van der Waals surface area contributed by atoms with E-state index in [1.54, 1.807) is 18.5 Å². The van der Waals surface area contributed by atoms with E-state index in [-0.39, 0.29) is 23.5 Å². The highest BCUT2D eigenvalue weighted by Gasteiger charge is 2.18. The Kier molecular flexibility index (Phi) is 6.17. The van der Waals surface area contributed by atoms with Crippen molar-refractivity contribution in [3.63, 3.8) is 0 Å². The van der Waals surface area contributed by atoms with Gasteiger partial charge in [0.2, 0.25) is 5.91 Å². The average Bonchev–Trinajstić information content (AvgIpc) is 3.09. The van der Waals surface area contributed by atoms with Gasteiger partial charge in [0, 0.05) is 24.8 Å². The molecule has 1 unspecified atom stereocenters. The van der Waals surface area contributed by atoms with E-state index in [9.17, 15) is 9.59 Å². The maximum Gasteiger partial charge on any atom is 0.311 e. The fourth-order valence-electron chi connectivity index (χ4n) is 1.69. The van der Waals surface area contributed by atoms with E-state index in [0.29, 0.717) is 17.4 Å². The topological polar surface area (TPSA) is 86.1 Å². The summed E-state index contributed by atoms with van der Waals surface area (Å²) in [6.07, 6.45) is 3.63. The van der Waals surface area contributed by atoms with Crippen LogP contribution < -0.4 is 5.32 Å². The van der Waals surface area contributed by atoms with E-state index < -0.39 is 0 Å². The first-order chi connectivity index (χ1) is 11.0. The van der Waals surface area contributed by atoms with Crippen LogP contribution in [0.2, 0.25) is 0 Å². The monoisotopic (exact) mass is 354 g/mol. The minimum atomic E-state index is -0.325. The maximum atomic E-state index is 12.2. The number of nitrogens with zero attached hydrogens (tertiary/aromatic N) is 3. The van der Waals surface area contributed by atoms with E-state index in [2.05, 4.69) is 15.3 Å². The van der Waals surface area contributed by atoms with Gasteiger partial charge in [0.1, 0.15) is 0 Å². The van der Waals surface area contributed by atoms with Crippen LogP contribution in [0.15, 0.2) is 22.9 Å². The molecule has 0 saturated carbocycles. The lowest BCUT2D eigenvalue weighted by molar-refractivity contribution is -0.142. The number of amides is 1. The van der Waals surface area contributed by atoms with Crippen LogP contribution in [0, 0.1) is 0 Å². The lowest BCUT2D eigenvalue weighted by Crippen LogP contribution is -2.22. The van der Waals surface area contributed by atoms with Crippen molar-refractivity contribution in [1.29, 1.82) is 0 Å². The Balaban J connectivity index is 1.88. The van der Waals surface area contributed by atoms with Crippen LogP contribution in [-0.2, 0) is 27.8 Å². The summed E-state index contributed by atoms with van der Waals surface area (Å²) < 4.78 is 6.73. The van der Waals surface area contributed by atoms with Crippen molar-refractivity contribution in [3.05, 3.63) is 23.5 Å². The van der Waals surface area contributed by atoms with E-state index in [1.807, 2.05) is 24.7 Å². The van der Waals surface area contributed by atoms with Crippen molar-refractivity contribution < 1.29 is 14.3 Å². The fourth-order valence-corrected chi connectivity index (χ4v) is 3.23. The second kappa shape index (κ2) is 8.11. The molecule has 0 aromatic carbocycles. The minimum absolute atomic E-state index is 0.109. The molecule has 1 amide bonds. The van der Waals surface area contributed by atoms with Gasteiger partial charge in [-0.15, -0.1) is 11.3 Å². The first kappa shape index (κ1) is 17.5. The van der Waals surface area contributed by atoms with Gasteiger partial charge < -0.3 is 14.6 Å². The summed E-state index contributed by atoms with van der Waals surface area (Å²) in [5.41, 5.74) is 0.591. The molecular weight excluding hydrogens is 336 g/mol. The van der Waals surface area contributed by atoms with Crippen LogP contribution in [0.25, 0.3) is 0 Å². The molecule has 2 aromatic heterocycles. The normalized spacial score (nSPS) is 12.0. The Morgan fingerprint density at radius 3 is 2.96 bits per heavy atom. The lowest BCUT2D eigenvalue weighted by atomic mass is 10.3. The third kappa shape index (κ3) is 5.07. The number of rotatable bonds is 7. The summed E-state index contributed by atoms with van der Waals surface area (Å²) in [7, 11) is 1.88. The number of hydrogen-bond donors (Lipinski definition) is 1. The molecule has 2 rings (SSSR count). The van der Waals surface area contributed by atoms with Crippen LogP contribution in [-0.4, -0.2) is 38.3 Å². The predicted octanol–water partition coefficient (Wildman–Crippen LogP) is 2.10. The molecule has 2 heterocycles. The summed E-state index contributed by atoms with van der Waals surface area (Å²) in [4.78, 5) is 32.0. The molecule has 0 aliphatic heterocycles. The maximum absolute atomic E-state index is 12.2. The number of carbonyl (C=O) groups excluding carboxylic acids is 2. The zero-order valence-corrected chi connectivity index (χ0v) is 14.7. The first-order valence-corrected chi connectivity index (χ1v) is 8.80. The van der Waals surface area contributed by atoms with Gasteiger partial charge in [-0.1, -0.05) is 11.8 Å². The lowest BCUT2D eigenvalue weighted by Gasteiger charge is -2.09. The Morgan fingerprint density at radius 1 is 1.52 bits per heavy atom. The molecule has 0 fully saturated rings. The molecule has 1 N–H and O–H groups in total. The molecule has 7 nitrogen and oxygen atoms in total. The highest BCUT2D eigenvalue weighted by Crippen LogP contribution is 2.23. The summed E-state index contributed by atoms with van der Waals surface area (Å²) >= 11 is 2.66. The zero-order valence-electron chi connectivity index (χ0n) is 13.1. The molecule has 9 heteroatoms. The predicted molar refractivity (Wildman–Crippen MR) is 89.6 cm³/mol. The fraction of sp³-hybridized carbons (Fsp3) is 0.429. The standard InChI is InChI=1S/C14H18N4O3S2/c1-4-21-11(19)7-10-8-22-13(16-10)17-12(20)9(2)23-14-15-5-6-18(14)3/h5-6,8-9H,4,7H2,1-3H3,(H,16,17,20). The van der Waals surface area contributed by atoms with Crippen LogP contribution in [0.5, 0.6) is 0 Å². The van der Waals surface area contributed by atoms with Crippen LogP contribution in [0.3, 0.4) is 0 Å². The summed E-state index contributed by atoms with van der Waals surface area (Å²) in [5.74, 6) is -0.482. The molecule has 0 bridgehead atoms. The molecule has 23 heavy (non-hydrogen) atoms. The second-order valence-electron chi connectivity index (χ2n) is 4.70. The van der Waals surface area contributed by atoms with Crippen molar-refractivity contribution in [2.24, 2.45) is 7.05 Å². The quantitative estimate of drug-likeness (QED) is 0.605. The molecule has 1 atom stereocenters. The third-order valence-corrected chi connectivity index (χ3v) is 4.82. The van der Waals surface area contributed by atoms with Gasteiger partial charge in [-0.2, -0.15) is 0 Å². The molecule has 0 radical (unpaired) electrons. The number of hydrogen-bond acceptors (Lipinski definition) is 7. The Bertz CT molecular complexity index is 683. The third-order valence-electron chi connectivity index (χ3n) is 2.84. The minimum Gasteiger partial charge on any atom is -0.466 e. The average molecular weight is 354 g/mol. The van der Waals surface area contributed by atoms with Crippen LogP contribution in [0.4, 0.5) is 5.13 Å². The number of aryl methyl sites for hydroxylation is 1. The first-order valence-electron chi connectivity index (χ1n) is 7.04. The number of carbonyl (C=O) groups is 2. The van der Waals surface area contributed by atoms with Gasteiger partial charge >= 0.3 is 5.97 Å². The number of anilines is 1. The summed E-state index contributed by atoms with van der Waals surface area (Å²) in [5, 5.41) is 5.43. The number of esters is 1. The van der Waals surface area contributed by atoms with Crippen molar-refractivity contribution in [3.8, 4) is 0 Å². The van der Waals surface area contributed by atoms with E-state index >= 15 is 0 Å². The second-order valence-corrected chi connectivity index (χ2v) is 6.86. The van der Waals surface area contributed by atoms with Crippen molar-refractivity contribution in [2.75, 3.05) is 11.9 Å². The molecule has 0 aliphatic rings. The van der Waals surface area contributed by atoms with Gasteiger partial charge in [0.25, 0.3) is 0 Å². The van der Waals surface area contributed by atoms with Gasteiger partial charge in [-0.05, 0) is 13.8 Å². The van der Waals surface area contributed by atoms with Gasteiger partial charge in [0.05, 0.1) is 24.0 Å². The molecule has 124 valence electrons. The Labute approximate surface area is 142 Å². The number of nitrogens with one attached hydrogen (secondary N) is 1. The Hall–Kier alpha value is -1.87. The Morgan fingerprint density at radius 2 is 2.30 bits per heavy atom. The molecule has 0 aliphatic carbocycles. The van der Waals surface area contributed by atoms with Crippen molar-refractivity contribution in [1.82, 2.24) is 14.5 Å². The molecule has 0 saturated heterocycles. The smallest absolute Gasteiger partial charge is 0.311 e.